The normalized spacial score (nSPS) is 19.2. The van der Waals surface area contributed by atoms with Crippen LogP contribution in [0, 0.1) is 0 Å². The minimum Gasteiger partial charge on any atom is -0.493 e. The minimum atomic E-state index is 0. The minimum absolute atomic E-state index is 0. The smallest absolute Gasteiger partial charge is 0.189 e. The first-order valence-electron chi connectivity index (χ1n) is 9.36. The molecule has 0 bridgehead atoms. The van der Waals surface area contributed by atoms with Gasteiger partial charge in [-0.15, -0.1) is 24.0 Å². The highest BCUT2D eigenvalue weighted by atomic mass is 127. The molecule has 8 heteroatoms. The number of halogens is 1. The highest BCUT2D eigenvalue weighted by Gasteiger charge is 2.21. The predicted octanol–water partition coefficient (Wildman–Crippen LogP) is 2.46. The highest BCUT2D eigenvalue weighted by Crippen LogP contribution is 2.31. The van der Waals surface area contributed by atoms with Crippen molar-refractivity contribution in [2.75, 3.05) is 37.8 Å². The van der Waals surface area contributed by atoms with Gasteiger partial charge in [0.25, 0.3) is 0 Å². The number of hydrogen-bond acceptors (Lipinski definition) is 5. The van der Waals surface area contributed by atoms with Gasteiger partial charge in [0.15, 0.2) is 5.96 Å². The quantitative estimate of drug-likeness (QED) is 0.385. The summed E-state index contributed by atoms with van der Waals surface area (Å²) in [7, 11) is 0. The van der Waals surface area contributed by atoms with Crippen LogP contribution in [0.1, 0.15) is 23.6 Å². The average molecular weight is 495 g/mol. The van der Waals surface area contributed by atoms with E-state index in [0.717, 1.165) is 55.4 Å². The number of hydrogen-bond donors (Lipinski definition) is 2. The van der Waals surface area contributed by atoms with Crippen molar-refractivity contribution in [1.82, 2.24) is 10.3 Å². The number of nitrogens with zero attached hydrogens (tertiary/aromatic N) is 3. The van der Waals surface area contributed by atoms with Crippen molar-refractivity contribution in [3.8, 4) is 5.75 Å². The van der Waals surface area contributed by atoms with Crippen molar-refractivity contribution in [2.45, 2.75) is 19.0 Å². The lowest BCUT2D eigenvalue weighted by molar-refractivity contribution is 0.122. The molecule has 1 fully saturated rings. The number of guanidine groups is 1. The van der Waals surface area contributed by atoms with Crippen molar-refractivity contribution in [3.05, 3.63) is 53.7 Å². The van der Waals surface area contributed by atoms with E-state index >= 15 is 0 Å². The third-order valence-corrected chi connectivity index (χ3v) is 4.88. The molecule has 28 heavy (non-hydrogen) atoms. The fourth-order valence-electron chi connectivity index (χ4n) is 3.50. The number of anilines is 1. The summed E-state index contributed by atoms with van der Waals surface area (Å²) in [5.41, 5.74) is 8.37. The zero-order chi connectivity index (χ0) is 18.5. The van der Waals surface area contributed by atoms with Crippen LogP contribution in [0.4, 0.5) is 5.82 Å². The number of pyridine rings is 1. The number of morpholine rings is 1. The van der Waals surface area contributed by atoms with Crippen molar-refractivity contribution in [1.29, 1.82) is 0 Å². The topological polar surface area (TPSA) is 85.0 Å². The second kappa shape index (κ2) is 9.92. The Balaban J connectivity index is 0.00000225. The lowest BCUT2D eigenvalue weighted by Gasteiger charge is -2.29. The van der Waals surface area contributed by atoms with Gasteiger partial charge < -0.3 is 25.4 Å². The average Bonchev–Trinajstić information content (AvgIpc) is 2.73. The van der Waals surface area contributed by atoms with Crippen LogP contribution in [0.2, 0.25) is 0 Å². The predicted molar refractivity (Wildman–Crippen MR) is 120 cm³/mol. The third kappa shape index (κ3) is 4.85. The molecular weight excluding hydrogens is 469 g/mol. The monoisotopic (exact) mass is 495 g/mol. The summed E-state index contributed by atoms with van der Waals surface area (Å²) in [6, 6.07) is 12.2. The Labute approximate surface area is 182 Å². The largest absolute Gasteiger partial charge is 0.493 e. The van der Waals surface area contributed by atoms with Crippen molar-refractivity contribution in [3.63, 3.8) is 0 Å². The lowest BCUT2D eigenvalue weighted by Crippen LogP contribution is -2.38. The van der Waals surface area contributed by atoms with Crippen LogP contribution in [-0.2, 0) is 11.3 Å². The second-order valence-corrected chi connectivity index (χ2v) is 6.66. The summed E-state index contributed by atoms with van der Waals surface area (Å²) in [4.78, 5) is 11.4. The lowest BCUT2D eigenvalue weighted by atomic mass is 10.0. The second-order valence-electron chi connectivity index (χ2n) is 6.66. The maximum Gasteiger partial charge on any atom is 0.189 e. The SMILES string of the molecule is I.NC(=NCc1cccnc1N1CCOCC1)NC1CCOc2ccccc21. The molecule has 0 aliphatic carbocycles. The Bertz CT molecular complexity index is 811. The maximum atomic E-state index is 6.18. The first kappa shape index (κ1) is 20.7. The highest BCUT2D eigenvalue weighted by molar-refractivity contribution is 14.0. The van der Waals surface area contributed by atoms with Crippen LogP contribution in [0.5, 0.6) is 5.75 Å². The molecular formula is C20H26IN5O2. The zero-order valence-electron chi connectivity index (χ0n) is 15.7. The number of aromatic nitrogens is 1. The Kier molecular flexibility index (Phi) is 7.32. The van der Waals surface area contributed by atoms with E-state index in [4.69, 9.17) is 15.2 Å². The van der Waals surface area contributed by atoms with Crippen LogP contribution in [0.25, 0.3) is 0 Å². The number of nitrogens with two attached hydrogens (primary N) is 1. The molecule has 0 radical (unpaired) electrons. The van der Waals surface area contributed by atoms with Crippen LogP contribution < -0.4 is 20.7 Å². The van der Waals surface area contributed by atoms with Gasteiger partial charge in [-0.1, -0.05) is 24.3 Å². The summed E-state index contributed by atoms with van der Waals surface area (Å²) in [5, 5.41) is 3.34. The summed E-state index contributed by atoms with van der Waals surface area (Å²) in [6.07, 6.45) is 2.68. The van der Waals surface area contributed by atoms with Crippen LogP contribution in [0.15, 0.2) is 47.6 Å². The first-order valence-corrected chi connectivity index (χ1v) is 9.36. The number of nitrogens with one attached hydrogen (secondary N) is 1. The first-order chi connectivity index (χ1) is 13.3. The molecule has 1 unspecified atom stereocenters. The Morgan fingerprint density at radius 2 is 2.00 bits per heavy atom. The molecule has 4 rings (SSSR count). The Hall–Kier alpha value is -2.07. The van der Waals surface area contributed by atoms with Gasteiger partial charge in [0.05, 0.1) is 32.4 Å². The molecule has 2 aliphatic rings. The van der Waals surface area contributed by atoms with Crippen LogP contribution in [0.3, 0.4) is 0 Å². The van der Waals surface area contributed by atoms with Gasteiger partial charge in [-0.05, 0) is 12.1 Å². The van der Waals surface area contributed by atoms with Gasteiger partial charge in [0.1, 0.15) is 11.6 Å². The van der Waals surface area contributed by atoms with Crippen molar-refractivity contribution < 1.29 is 9.47 Å². The molecule has 3 N–H and O–H groups in total. The van der Waals surface area contributed by atoms with E-state index in [-0.39, 0.29) is 30.0 Å². The van der Waals surface area contributed by atoms with Crippen LogP contribution >= 0.6 is 24.0 Å². The van der Waals surface area contributed by atoms with Crippen molar-refractivity contribution in [2.24, 2.45) is 10.7 Å². The molecule has 2 aliphatic heterocycles. The number of rotatable bonds is 4. The molecule has 1 atom stereocenters. The molecule has 1 aromatic heterocycles. The van der Waals surface area contributed by atoms with E-state index in [2.05, 4.69) is 32.3 Å². The number of ether oxygens (including phenoxy) is 2. The van der Waals surface area contributed by atoms with Gasteiger partial charge >= 0.3 is 0 Å². The standard InChI is InChI=1S/C20H25N5O2.HI/c21-20(24-17-7-11-27-18-6-2-1-5-16(17)18)23-14-15-4-3-8-22-19(15)25-9-12-26-13-10-25;/h1-6,8,17H,7,9-14H2,(H3,21,23,24);1H. The van der Waals surface area contributed by atoms with Crippen molar-refractivity contribution >= 4 is 35.8 Å². The molecule has 0 amide bonds. The molecule has 7 nitrogen and oxygen atoms in total. The number of aliphatic imine (C=N–C) groups is 1. The molecule has 150 valence electrons. The summed E-state index contributed by atoms with van der Waals surface area (Å²) in [5.74, 6) is 2.32. The molecule has 3 heterocycles. The van der Waals surface area contributed by atoms with E-state index < -0.39 is 0 Å². The summed E-state index contributed by atoms with van der Waals surface area (Å²) in [6.45, 7) is 4.31. The Morgan fingerprint density at radius 3 is 2.86 bits per heavy atom. The molecule has 0 saturated carbocycles. The van der Waals surface area contributed by atoms with E-state index in [1.807, 2.05) is 30.5 Å². The van der Waals surface area contributed by atoms with E-state index in [0.29, 0.717) is 19.1 Å². The Morgan fingerprint density at radius 1 is 1.18 bits per heavy atom. The summed E-state index contributed by atoms with van der Waals surface area (Å²) >= 11 is 0. The number of para-hydroxylation sites is 1. The summed E-state index contributed by atoms with van der Waals surface area (Å²) < 4.78 is 11.1. The van der Waals surface area contributed by atoms with E-state index in [9.17, 15) is 0 Å². The number of fused-ring (bicyclic) bond motifs is 1. The van der Waals surface area contributed by atoms with Gasteiger partial charge in [0.2, 0.25) is 0 Å². The molecule has 0 spiro atoms. The molecule has 2 aromatic rings. The van der Waals surface area contributed by atoms with Gasteiger partial charge in [0, 0.05) is 36.8 Å². The van der Waals surface area contributed by atoms with Gasteiger partial charge in [-0.2, -0.15) is 0 Å². The maximum absolute atomic E-state index is 6.18. The van der Waals surface area contributed by atoms with Crippen LogP contribution in [-0.4, -0.2) is 43.9 Å². The fourth-order valence-corrected chi connectivity index (χ4v) is 3.50. The molecule has 1 saturated heterocycles. The van der Waals surface area contributed by atoms with Gasteiger partial charge in [-0.25, -0.2) is 9.98 Å². The fraction of sp³-hybridized carbons (Fsp3) is 0.400. The number of benzene rings is 1. The van der Waals surface area contributed by atoms with Gasteiger partial charge in [-0.3, -0.25) is 0 Å². The zero-order valence-corrected chi connectivity index (χ0v) is 18.0. The third-order valence-electron chi connectivity index (χ3n) is 4.88. The van der Waals surface area contributed by atoms with E-state index in [1.54, 1.807) is 0 Å². The van der Waals surface area contributed by atoms with E-state index in [1.165, 1.54) is 0 Å². The molecule has 1 aromatic carbocycles.